The third-order valence-electron chi connectivity index (χ3n) is 2.57. The minimum absolute atomic E-state index is 0.114. The van der Waals surface area contributed by atoms with Gasteiger partial charge in [-0.15, -0.1) is 0 Å². The molecule has 0 aliphatic heterocycles. The van der Waals surface area contributed by atoms with Crippen LogP contribution in [0.5, 0.6) is 0 Å². The summed E-state index contributed by atoms with van der Waals surface area (Å²) in [6.45, 7) is 0. The van der Waals surface area contributed by atoms with Crippen molar-refractivity contribution in [1.82, 2.24) is 4.98 Å². The highest BCUT2D eigenvalue weighted by Gasteiger charge is 2.09. The third kappa shape index (κ3) is 3.07. The molecule has 0 fully saturated rings. The molecule has 0 aliphatic rings. The van der Waals surface area contributed by atoms with Crippen molar-refractivity contribution in [3.8, 4) is 6.07 Å². The van der Waals surface area contributed by atoms with Crippen LogP contribution >= 0.6 is 0 Å². The second-order valence-corrected chi connectivity index (χ2v) is 3.88. The average Bonchev–Trinajstić information content (AvgIpc) is 2.42. The molecule has 0 atom stereocenters. The van der Waals surface area contributed by atoms with Gasteiger partial charge in [0.1, 0.15) is 5.56 Å². The Labute approximate surface area is 110 Å². The Bertz CT molecular complexity index is 630. The first-order valence-corrected chi connectivity index (χ1v) is 5.61. The second kappa shape index (κ2) is 5.65. The maximum absolute atomic E-state index is 11.0. The van der Waals surface area contributed by atoms with Crippen molar-refractivity contribution in [2.45, 2.75) is 6.42 Å². The summed E-state index contributed by atoms with van der Waals surface area (Å²) in [7, 11) is 0. The van der Waals surface area contributed by atoms with Crippen LogP contribution in [0.4, 0.5) is 11.4 Å². The molecule has 0 aliphatic carbocycles. The lowest BCUT2D eigenvalue weighted by Crippen LogP contribution is -2.03. The van der Waals surface area contributed by atoms with Crippen molar-refractivity contribution in [3.05, 3.63) is 53.9 Å². The van der Waals surface area contributed by atoms with E-state index in [1.807, 2.05) is 12.1 Å². The predicted octanol–water partition coefficient (Wildman–Crippen LogP) is 2.59. The van der Waals surface area contributed by atoms with Crippen LogP contribution in [0.15, 0.2) is 42.7 Å². The Kier molecular flexibility index (Phi) is 3.74. The van der Waals surface area contributed by atoms with E-state index < -0.39 is 5.97 Å². The normalized spacial score (nSPS) is 9.63. The molecule has 0 unspecified atom stereocenters. The summed E-state index contributed by atoms with van der Waals surface area (Å²) in [5.74, 6) is -1.03. The molecule has 94 valence electrons. The molecule has 0 saturated heterocycles. The molecule has 0 amide bonds. The number of nitrogens with one attached hydrogen (secondary N) is 1. The van der Waals surface area contributed by atoms with Gasteiger partial charge in [-0.05, 0) is 23.8 Å². The summed E-state index contributed by atoms with van der Waals surface area (Å²) >= 11 is 0. The fourth-order valence-corrected chi connectivity index (χ4v) is 1.63. The van der Waals surface area contributed by atoms with Gasteiger partial charge < -0.3 is 10.4 Å². The molecule has 0 radical (unpaired) electrons. The lowest BCUT2D eigenvalue weighted by molar-refractivity contribution is 0.0697. The zero-order valence-corrected chi connectivity index (χ0v) is 10.00. The van der Waals surface area contributed by atoms with E-state index in [0.717, 1.165) is 11.3 Å². The number of carboxylic acids is 1. The standard InChI is InChI=1S/C14H11N3O2/c15-7-5-10-1-3-11(4-2-10)17-13-6-8-16-9-12(13)14(18)19/h1-4,6,8-9H,5H2,(H,16,17)(H,18,19). The van der Waals surface area contributed by atoms with Crippen LogP contribution in [0.2, 0.25) is 0 Å². The molecular formula is C14H11N3O2. The number of benzene rings is 1. The molecule has 19 heavy (non-hydrogen) atoms. The molecule has 1 heterocycles. The topological polar surface area (TPSA) is 86.0 Å². The van der Waals surface area contributed by atoms with Gasteiger partial charge in [-0.25, -0.2) is 4.79 Å². The Balaban J connectivity index is 2.22. The number of aromatic carboxylic acids is 1. The van der Waals surface area contributed by atoms with E-state index in [9.17, 15) is 4.79 Å². The van der Waals surface area contributed by atoms with Crippen LogP contribution in [0.1, 0.15) is 15.9 Å². The lowest BCUT2D eigenvalue weighted by Gasteiger charge is -2.09. The largest absolute Gasteiger partial charge is 0.478 e. The first-order chi connectivity index (χ1) is 9.20. The van der Waals surface area contributed by atoms with Crippen LogP contribution in [0.25, 0.3) is 0 Å². The van der Waals surface area contributed by atoms with Crippen molar-refractivity contribution < 1.29 is 9.90 Å². The minimum Gasteiger partial charge on any atom is -0.478 e. The Morgan fingerprint density at radius 1 is 1.32 bits per heavy atom. The summed E-state index contributed by atoms with van der Waals surface area (Å²) < 4.78 is 0. The number of aromatic nitrogens is 1. The number of carbonyl (C=O) groups is 1. The fraction of sp³-hybridized carbons (Fsp3) is 0.0714. The number of anilines is 2. The summed E-state index contributed by atoms with van der Waals surface area (Å²) in [5.41, 5.74) is 2.27. The number of carboxylic acid groups (broad SMARTS) is 1. The molecule has 0 bridgehead atoms. The maximum atomic E-state index is 11.0. The number of hydrogen-bond acceptors (Lipinski definition) is 4. The minimum atomic E-state index is -1.03. The van der Waals surface area contributed by atoms with Crippen LogP contribution < -0.4 is 5.32 Å². The second-order valence-electron chi connectivity index (χ2n) is 3.88. The van der Waals surface area contributed by atoms with Gasteiger partial charge in [-0.3, -0.25) is 4.98 Å². The zero-order chi connectivity index (χ0) is 13.7. The zero-order valence-electron chi connectivity index (χ0n) is 10.00. The average molecular weight is 253 g/mol. The molecule has 2 N–H and O–H groups in total. The highest BCUT2D eigenvalue weighted by atomic mass is 16.4. The van der Waals surface area contributed by atoms with E-state index in [0.29, 0.717) is 12.1 Å². The number of nitrogens with zero attached hydrogens (tertiary/aromatic N) is 2. The highest BCUT2D eigenvalue weighted by molar-refractivity contribution is 5.94. The van der Waals surface area contributed by atoms with Gasteiger partial charge >= 0.3 is 5.97 Å². The Hall–Kier alpha value is -2.87. The van der Waals surface area contributed by atoms with E-state index in [2.05, 4.69) is 16.4 Å². The van der Waals surface area contributed by atoms with Gasteiger partial charge in [0.25, 0.3) is 0 Å². The summed E-state index contributed by atoms with van der Waals surface area (Å²) in [6, 6.07) is 10.9. The summed E-state index contributed by atoms with van der Waals surface area (Å²) in [4.78, 5) is 14.8. The Morgan fingerprint density at radius 2 is 2.05 bits per heavy atom. The highest BCUT2D eigenvalue weighted by Crippen LogP contribution is 2.20. The smallest absolute Gasteiger partial charge is 0.339 e. The quantitative estimate of drug-likeness (QED) is 0.874. The van der Waals surface area contributed by atoms with E-state index in [1.165, 1.54) is 12.4 Å². The van der Waals surface area contributed by atoms with Gasteiger partial charge in [-0.1, -0.05) is 12.1 Å². The molecule has 1 aromatic carbocycles. The van der Waals surface area contributed by atoms with Gasteiger partial charge in [-0.2, -0.15) is 5.26 Å². The molecule has 5 heteroatoms. The van der Waals surface area contributed by atoms with Gasteiger partial charge in [0.05, 0.1) is 18.2 Å². The van der Waals surface area contributed by atoms with Crippen LogP contribution in [0, 0.1) is 11.3 Å². The number of rotatable bonds is 4. The molecule has 0 spiro atoms. The van der Waals surface area contributed by atoms with Crippen molar-refractivity contribution in [1.29, 1.82) is 5.26 Å². The molecule has 0 saturated carbocycles. The van der Waals surface area contributed by atoms with E-state index in [4.69, 9.17) is 10.4 Å². The lowest BCUT2D eigenvalue weighted by atomic mass is 10.1. The third-order valence-corrected chi connectivity index (χ3v) is 2.57. The number of pyridine rings is 1. The van der Waals surface area contributed by atoms with E-state index >= 15 is 0 Å². The predicted molar refractivity (Wildman–Crippen MR) is 70.2 cm³/mol. The van der Waals surface area contributed by atoms with E-state index in [1.54, 1.807) is 18.2 Å². The first-order valence-electron chi connectivity index (χ1n) is 5.61. The first kappa shape index (κ1) is 12.6. The van der Waals surface area contributed by atoms with Crippen molar-refractivity contribution in [2.24, 2.45) is 0 Å². The molecular weight excluding hydrogens is 242 g/mol. The monoisotopic (exact) mass is 253 g/mol. The van der Waals surface area contributed by atoms with Crippen LogP contribution in [-0.2, 0) is 6.42 Å². The summed E-state index contributed by atoms with van der Waals surface area (Å²) in [6.07, 6.45) is 3.18. The Morgan fingerprint density at radius 3 is 2.68 bits per heavy atom. The molecule has 5 nitrogen and oxygen atoms in total. The fourth-order valence-electron chi connectivity index (χ4n) is 1.63. The van der Waals surface area contributed by atoms with Gasteiger partial charge in [0.15, 0.2) is 0 Å². The SMILES string of the molecule is N#CCc1ccc(Nc2ccncc2C(=O)O)cc1. The van der Waals surface area contributed by atoms with Crippen molar-refractivity contribution in [2.75, 3.05) is 5.32 Å². The number of hydrogen-bond donors (Lipinski definition) is 2. The van der Waals surface area contributed by atoms with Gasteiger partial charge in [0.2, 0.25) is 0 Å². The van der Waals surface area contributed by atoms with Crippen LogP contribution in [0.3, 0.4) is 0 Å². The maximum Gasteiger partial charge on any atom is 0.339 e. The molecule has 2 rings (SSSR count). The number of nitriles is 1. The molecule has 1 aromatic heterocycles. The molecule has 2 aromatic rings. The van der Waals surface area contributed by atoms with Crippen LogP contribution in [-0.4, -0.2) is 16.1 Å². The van der Waals surface area contributed by atoms with E-state index in [-0.39, 0.29) is 5.56 Å². The van der Waals surface area contributed by atoms with Gasteiger partial charge in [0, 0.05) is 18.1 Å². The van der Waals surface area contributed by atoms with Crippen molar-refractivity contribution in [3.63, 3.8) is 0 Å². The van der Waals surface area contributed by atoms with Crippen molar-refractivity contribution >= 4 is 17.3 Å². The summed E-state index contributed by atoms with van der Waals surface area (Å²) in [5, 5.41) is 20.6.